The smallest absolute Gasteiger partial charge is 0.317 e. The lowest BCUT2D eigenvalue weighted by molar-refractivity contribution is -0.00352. The highest BCUT2D eigenvalue weighted by Gasteiger charge is 2.21. The first kappa shape index (κ1) is 17.9. The maximum absolute atomic E-state index is 12.2. The van der Waals surface area contributed by atoms with Gasteiger partial charge in [-0.1, -0.05) is 19.1 Å². The van der Waals surface area contributed by atoms with Crippen molar-refractivity contribution >= 4 is 17.8 Å². The molecule has 5 nitrogen and oxygen atoms in total. The van der Waals surface area contributed by atoms with Gasteiger partial charge in [-0.05, 0) is 25.0 Å². The maximum atomic E-state index is 12.2. The van der Waals surface area contributed by atoms with Crippen LogP contribution in [0.4, 0.5) is 4.79 Å². The average molecular weight is 338 g/mol. The third kappa shape index (κ3) is 5.62. The monoisotopic (exact) mass is 338 g/mol. The summed E-state index contributed by atoms with van der Waals surface area (Å²) in [5.41, 5.74) is 0. The Balaban J connectivity index is 1.72. The number of carbonyl (C=O) groups excluding carboxylic acids is 1. The van der Waals surface area contributed by atoms with Gasteiger partial charge < -0.3 is 19.7 Å². The van der Waals surface area contributed by atoms with E-state index in [0.717, 1.165) is 16.4 Å². The lowest BCUT2D eigenvalue weighted by Gasteiger charge is -2.31. The number of ether oxygens (including phenoxy) is 2. The molecule has 0 spiro atoms. The third-order valence-electron chi connectivity index (χ3n) is 3.72. The van der Waals surface area contributed by atoms with Crippen LogP contribution >= 0.6 is 11.8 Å². The number of carbonyl (C=O) groups is 1. The van der Waals surface area contributed by atoms with Gasteiger partial charge in [-0.25, -0.2) is 4.79 Å². The number of methoxy groups -OCH3 is 1. The molecule has 23 heavy (non-hydrogen) atoms. The van der Waals surface area contributed by atoms with Gasteiger partial charge >= 0.3 is 6.03 Å². The molecule has 1 aromatic rings. The first-order valence-corrected chi connectivity index (χ1v) is 8.99. The predicted octanol–water partition coefficient (Wildman–Crippen LogP) is 2.85. The fourth-order valence-corrected chi connectivity index (χ4v) is 3.46. The van der Waals surface area contributed by atoms with E-state index in [1.165, 1.54) is 0 Å². The van der Waals surface area contributed by atoms with E-state index in [1.807, 2.05) is 30.0 Å². The Labute approximate surface area is 142 Å². The van der Waals surface area contributed by atoms with Gasteiger partial charge in [0, 0.05) is 30.3 Å². The molecule has 2 rings (SSSR count). The molecule has 2 amide bonds. The second-order valence-corrected chi connectivity index (χ2v) is 6.94. The molecule has 0 bridgehead atoms. The predicted molar refractivity (Wildman–Crippen MR) is 93.3 cm³/mol. The molecule has 2 atom stereocenters. The van der Waals surface area contributed by atoms with E-state index in [4.69, 9.17) is 9.47 Å². The summed E-state index contributed by atoms with van der Waals surface area (Å²) >= 11 is 1.76. The van der Waals surface area contributed by atoms with Crippen LogP contribution in [-0.2, 0) is 4.74 Å². The van der Waals surface area contributed by atoms with Gasteiger partial charge in [-0.2, -0.15) is 0 Å². The zero-order valence-corrected chi connectivity index (χ0v) is 14.9. The molecule has 0 aliphatic carbocycles. The topological polar surface area (TPSA) is 50.8 Å². The summed E-state index contributed by atoms with van der Waals surface area (Å²) in [6, 6.07) is 8.01. The number of thioether (sulfide) groups is 1. The summed E-state index contributed by atoms with van der Waals surface area (Å²) in [5, 5.41) is 3.02. The van der Waals surface area contributed by atoms with Gasteiger partial charge in [0.25, 0.3) is 0 Å². The normalized spacial score (nSPS) is 19.3. The molecule has 6 heteroatoms. The number of amides is 2. The molecule has 1 saturated heterocycles. The molecule has 1 N–H and O–H groups in total. The number of para-hydroxylation sites is 1. The summed E-state index contributed by atoms with van der Waals surface area (Å²) in [7, 11) is 1.69. The van der Waals surface area contributed by atoms with Crippen molar-refractivity contribution < 1.29 is 14.3 Å². The number of nitrogens with zero attached hydrogens (tertiary/aromatic N) is 1. The van der Waals surface area contributed by atoms with E-state index in [9.17, 15) is 4.79 Å². The highest BCUT2D eigenvalue weighted by molar-refractivity contribution is 7.99. The largest absolute Gasteiger partial charge is 0.496 e. The van der Waals surface area contributed by atoms with Crippen molar-refractivity contribution in [2.45, 2.75) is 24.8 Å². The summed E-state index contributed by atoms with van der Waals surface area (Å²) < 4.78 is 10.8. The van der Waals surface area contributed by atoms with Gasteiger partial charge in [0.05, 0.1) is 19.8 Å². The van der Waals surface area contributed by atoms with E-state index in [2.05, 4.69) is 18.3 Å². The second kappa shape index (κ2) is 9.03. The minimum Gasteiger partial charge on any atom is -0.496 e. The van der Waals surface area contributed by atoms with Gasteiger partial charge in [0.1, 0.15) is 5.75 Å². The van der Waals surface area contributed by atoms with Gasteiger partial charge in [0.2, 0.25) is 0 Å². The number of morpholine rings is 1. The van der Waals surface area contributed by atoms with Crippen molar-refractivity contribution in [3.05, 3.63) is 24.3 Å². The molecule has 0 saturated carbocycles. The van der Waals surface area contributed by atoms with E-state index >= 15 is 0 Å². The highest BCUT2D eigenvalue weighted by Crippen LogP contribution is 2.29. The molecule has 0 aromatic heterocycles. The fourth-order valence-electron chi connectivity index (χ4n) is 2.41. The minimum absolute atomic E-state index is 0.00860. The zero-order chi connectivity index (χ0) is 16.7. The molecular formula is C17H26N2O3S. The Morgan fingerprint density at radius 1 is 1.52 bits per heavy atom. The first-order chi connectivity index (χ1) is 11.1. The van der Waals surface area contributed by atoms with Crippen molar-refractivity contribution in [3.63, 3.8) is 0 Å². The van der Waals surface area contributed by atoms with E-state index < -0.39 is 0 Å². The average Bonchev–Trinajstić information content (AvgIpc) is 2.58. The van der Waals surface area contributed by atoms with Crippen molar-refractivity contribution in [1.82, 2.24) is 10.2 Å². The summed E-state index contributed by atoms with van der Waals surface area (Å²) in [5.74, 6) is 2.21. The Hall–Kier alpha value is -1.40. The molecule has 1 heterocycles. The van der Waals surface area contributed by atoms with Crippen LogP contribution in [0.5, 0.6) is 5.75 Å². The number of rotatable bonds is 6. The van der Waals surface area contributed by atoms with Crippen LogP contribution in [0.2, 0.25) is 0 Å². The Morgan fingerprint density at radius 3 is 3.04 bits per heavy atom. The summed E-state index contributed by atoms with van der Waals surface area (Å²) in [4.78, 5) is 15.1. The number of nitrogens with one attached hydrogen (secondary N) is 1. The standard InChI is InChI=1S/C17H26N2O3S/c1-13(12-23-16-7-5-4-6-15(16)21-3)10-18-17(20)19-8-9-22-14(2)11-19/h4-7,13-14H,8-12H2,1-3H3,(H,18,20)/t13-,14-/m0/s1. The third-order valence-corrected chi connectivity index (χ3v) is 5.11. The minimum atomic E-state index is 0.00860. The van der Waals surface area contributed by atoms with E-state index in [0.29, 0.717) is 32.2 Å². The molecule has 0 unspecified atom stereocenters. The number of hydrogen-bond acceptors (Lipinski definition) is 4. The van der Waals surface area contributed by atoms with E-state index in [1.54, 1.807) is 18.9 Å². The van der Waals surface area contributed by atoms with Crippen LogP contribution < -0.4 is 10.1 Å². The fraction of sp³-hybridized carbons (Fsp3) is 0.588. The van der Waals surface area contributed by atoms with Crippen molar-refractivity contribution in [3.8, 4) is 5.75 Å². The van der Waals surface area contributed by atoms with Crippen LogP contribution in [-0.4, -0.2) is 56.1 Å². The second-order valence-electron chi connectivity index (χ2n) is 5.88. The Morgan fingerprint density at radius 2 is 2.30 bits per heavy atom. The molecule has 128 valence electrons. The first-order valence-electron chi connectivity index (χ1n) is 8.00. The van der Waals surface area contributed by atoms with Crippen LogP contribution in [0.25, 0.3) is 0 Å². The van der Waals surface area contributed by atoms with Crippen molar-refractivity contribution in [1.29, 1.82) is 0 Å². The molecule has 1 aliphatic heterocycles. The molecule has 0 radical (unpaired) electrons. The van der Waals surface area contributed by atoms with Gasteiger partial charge in [-0.3, -0.25) is 0 Å². The highest BCUT2D eigenvalue weighted by atomic mass is 32.2. The molecule has 1 fully saturated rings. The van der Waals surface area contributed by atoms with Crippen molar-refractivity contribution in [2.75, 3.05) is 39.1 Å². The van der Waals surface area contributed by atoms with Crippen LogP contribution in [0.15, 0.2) is 29.2 Å². The number of urea groups is 1. The maximum Gasteiger partial charge on any atom is 0.317 e. The number of benzene rings is 1. The van der Waals surface area contributed by atoms with Crippen LogP contribution in [0.1, 0.15) is 13.8 Å². The lowest BCUT2D eigenvalue weighted by atomic mass is 10.2. The van der Waals surface area contributed by atoms with Gasteiger partial charge in [-0.15, -0.1) is 11.8 Å². The van der Waals surface area contributed by atoms with E-state index in [-0.39, 0.29) is 12.1 Å². The van der Waals surface area contributed by atoms with Crippen molar-refractivity contribution in [2.24, 2.45) is 5.92 Å². The Bertz CT molecular complexity index is 512. The molecule has 1 aliphatic rings. The quantitative estimate of drug-likeness (QED) is 0.811. The molecule has 1 aromatic carbocycles. The number of hydrogen-bond donors (Lipinski definition) is 1. The van der Waals surface area contributed by atoms with Gasteiger partial charge in [0.15, 0.2) is 0 Å². The van der Waals surface area contributed by atoms with Crippen LogP contribution in [0, 0.1) is 5.92 Å². The Kier molecular flexibility index (Phi) is 7.05. The molecular weight excluding hydrogens is 312 g/mol. The van der Waals surface area contributed by atoms with Crippen LogP contribution in [0.3, 0.4) is 0 Å². The summed E-state index contributed by atoms with van der Waals surface area (Å²) in [6.07, 6.45) is 0.119. The SMILES string of the molecule is COc1ccccc1SC[C@@H](C)CNC(=O)N1CCO[C@@H](C)C1. The zero-order valence-electron chi connectivity index (χ0n) is 14.1. The lowest BCUT2D eigenvalue weighted by Crippen LogP contribution is -2.49. The summed E-state index contributed by atoms with van der Waals surface area (Å²) in [6.45, 7) is 6.76.